The Balaban J connectivity index is 2.25. The Morgan fingerprint density at radius 1 is 1.25 bits per heavy atom. The van der Waals surface area contributed by atoms with E-state index in [1.165, 1.54) is 18.2 Å². The molecule has 1 aromatic carbocycles. The van der Waals surface area contributed by atoms with Crippen molar-refractivity contribution in [3.05, 3.63) is 58.9 Å². The summed E-state index contributed by atoms with van der Waals surface area (Å²) in [6, 6.07) is 9.39. The first-order valence-corrected chi connectivity index (χ1v) is 7.47. The van der Waals surface area contributed by atoms with Crippen LogP contribution in [0.15, 0.2) is 47.6 Å². The molecule has 7 heteroatoms. The van der Waals surface area contributed by atoms with E-state index in [0.29, 0.717) is 0 Å². The number of nitrogens with zero attached hydrogens (tertiary/aromatic N) is 2. The number of nitrogens with one attached hydrogen (secondary N) is 1. The number of sulfonamides is 1. The molecular formula is C13H10ClN3O2S. The average Bonchev–Trinajstić information content (AvgIpc) is 2.47. The van der Waals surface area contributed by atoms with Crippen molar-refractivity contribution in [1.29, 1.82) is 5.26 Å². The molecule has 1 aromatic heterocycles. The second-order valence-corrected chi connectivity index (χ2v) is 6.08. The van der Waals surface area contributed by atoms with E-state index in [0.717, 1.165) is 5.56 Å². The molecular weight excluding hydrogens is 298 g/mol. The molecule has 0 unspecified atom stereocenters. The first-order chi connectivity index (χ1) is 9.53. The predicted molar refractivity (Wildman–Crippen MR) is 74.4 cm³/mol. The molecule has 0 aliphatic heterocycles. The second-order valence-electron chi connectivity index (χ2n) is 3.94. The Labute approximate surface area is 121 Å². The van der Waals surface area contributed by atoms with Crippen molar-refractivity contribution in [3.8, 4) is 6.07 Å². The average molecular weight is 308 g/mol. The largest absolute Gasteiger partial charge is 0.265 e. The van der Waals surface area contributed by atoms with Crippen molar-refractivity contribution in [2.24, 2.45) is 0 Å². The molecule has 0 fully saturated rings. The molecule has 2 rings (SSSR count). The maximum Gasteiger partial charge on any atom is 0.242 e. The van der Waals surface area contributed by atoms with E-state index in [-0.39, 0.29) is 22.0 Å². The van der Waals surface area contributed by atoms with Crippen LogP contribution in [-0.4, -0.2) is 13.4 Å². The molecule has 0 saturated carbocycles. The van der Waals surface area contributed by atoms with E-state index in [2.05, 4.69) is 9.71 Å². The molecule has 0 aliphatic carbocycles. The van der Waals surface area contributed by atoms with Crippen LogP contribution >= 0.6 is 11.6 Å². The van der Waals surface area contributed by atoms with E-state index in [9.17, 15) is 8.42 Å². The minimum Gasteiger partial charge on any atom is -0.265 e. The molecule has 20 heavy (non-hydrogen) atoms. The van der Waals surface area contributed by atoms with Crippen LogP contribution in [0.3, 0.4) is 0 Å². The number of benzene rings is 1. The Morgan fingerprint density at radius 3 is 2.60 bits per heavy atom. The van der Waals surface area contributed by atoms with E-state index in [4.69, 9.17) is 16.9 Å². The zero-order valence-electron chi connectivity index (χ0n) is 10.2. The highest BCUT2D eigenvalue weighted by molar-refractivity contribution is 7.89. The van der Waals surface area contributed by atoms with Crippen molar-refractivity contribution in [2.75, 3.05) is 0 Å². The summed E-state index contributed by atoms with van der Waals surface area (Å²) in [4.78, 5) is 3.75. The first kappa shape index (κ1) is 14.5. The highest BCUT2D eigenvalue weighted by Gasteiger charge is 2.18. The van der Waals surface area contributed by atoms with Gasteiger partial charge in [0.2, 0.25) is 10.0 Å². The first-order valence-electron chi connectivity index (χ1n) is 5.61. The molecule has 1 heterocycles. The molecule has 5 nitrogen and oxygen atoms in total. The van der Waals surface area contributed by atoms with E-state index in [1.807, 2.05) is 6.07 Å². The van der Waals surface area contributed by atoms with Crippen LogP contribution in [0, 0.1) is 11.3 Å². The van der Waals surface area contributed by atoms with Crippen molar-refractivity contribution >= 4 is 21.6 Å². The van der Waals surface area contributed by atoms with Gasteiger partial charge in [-0.25, -0.2) is 13.1 Å². The third kappa shape index (κ3) is 3.33. The summed E-state index contributed by atoms with van der Waals surface area (Å²) in [6.07, 6.45) is 3.15. The van der Waals surface area contributed by atoms with Gasteiger partial charge in [0.1, 0.15) is 4.90 Å². The number of nitriles is 1. The summed E-state index contributed by atoms with van der Waals surface area (Å²) in [5.74, 6) is 0. The fourth-order valence-electron chi connectivity index (χ4n) is 1.54. The monoisotopic (exact) mass is 307 g/mol. The maximum absolute atomic E-state index is 12.2. The minimum absolute atomic E-state index is 0.0752. The fourth-order valence-corrected chi connectivity index (χ4v) is 3.08. The van der Waals surface area contributed by atoms with E-state index < -0.39 is 10.0 Å². The molecule has 0 amide bonds. The van der Waals surface area contributed by atoms with Crippen LogP contribution in [0.4, 0.5) is 0 Å². The molecule has 102 valence electrons. The highest BCUT2D eigenvalue weighted by Crippen LogP contribution is 2.22. The van der Waals surface area contributed by atoms with Gasteiger partial charge in [0.15, 0.2) is 0 Å². The van der Waals surface area contributed by atoms with Crippen molar-refractivity contribution in [3.63, 3.8) is 0 Å². The van der Waals surface area contributed by atoms with Gasteiger partial charge in [-0.3, -0.25) is 4.98 Å². The number of pyridine rings is 1. The minimum atomic E-state index is -3.78. The summed E-state index contributed by atoms with van der Waals surface area (Å²) in [5, 5.41) is 8.89. The number of aromatic nitrogens is 1. The molecule has 0 aliphatic rings. The number of halogens is 1. The van der Waals surface area contributed by atoms with E-state index in [1.54, 1.807) is 24.5 Å². The molecule has 0 atom stereocenters. The lowest BCUT2D eigenvalue weighted by atomic mass is 10.2. The van der Waals surface area contributed by atoms with E-state index >= 15 is 0 Å². The quantitative estimate of drug-likeness (QED) is 0.937. The van der Waals surface area contributed by atoms with Crippen molar-refractivity contribution in [1.82, 2.24) is 9.71 Å². The smallest absolute Gasteiger partial charge is 0.242 e. The number of hydrogen-bond donors (Lipinski definition) is 1. The Bertz CT molecular complexity index is 755. The summed E-state index contributed by atoms with van der Waals surface area (Å²) in [5.41, 5.74) is 1.01. The Hall–Kier alpha value is -1.94. The summed E-state index contributed by atoms with van der Waals surface area (Å²) >= 11 is 5.88. The highest BCUT2D eigenvalue weighted by atomic mass is 35.5. The van der Waals surface area contributed by atoms with Crippen LogP contribution in [0.5, 0.6) is 0 Å². The van der Waals surface area contributed by atoms with Gasteiger partial charge < -0.3 is 0 Å². The molecule has 0 saturated heterocycles. The van der Waals surface area contributed by atoms with Crippen LogP contribution in [0.2, 0.25) is 5.02 Å². The van der Waals surface area contributed by atoms with Gasteiger partial charge >= 0.3 is 0 Å². The number of rotatable bonds is 4. The Morgan fingerprint density at radius 2 is 1.95 bits per heavy atom. The van der Waals surface area contributed by atoms with Crippen LogP contribution in [-0.2, 0) is 16.6 Å². The van der Waals surface area contributed by atoms with Gasteiger partial charge in [0.25, 0.3) is 0 Å². The molecule has 0 bridgehead atoms. The summed E-state index contributed by atoms with van der Waals surface area (Å²) < 4.78 is 26.8. The molecule has 0 spiro atoms. The lowest BCUT2D eigenvalue weighted by Crippen LogP contribution is -2.23. The SMILES string of the molecule is N#Cc1ccc(Cl)c(S(=O)(=O)NCc2ccncc2)c1. The predicted octanol–water partition coefficient (Wildman–Crippen LogP) is 2.09. The molecule has 2 aromatic rings. The third-order valence-electron chi connectivity index (χ3n) is 2.57. The maximum atomic E-state index is 12.2. The van der Waals surface area contributed by atoms with Crippen LogP contribution in [0.1, 0.15) is 11.1 Å². The fraction of sp³-hybridized carbons (Fsp3) is 0.0769. The van der Waals surface area contributed by atoms with Crippen LogP contribution < -0.4 is 4.72 Å². The van der Waals surface area contributed by atoms with Crippen molar-refractivity contribution in [2.45, 2.75) is 11.4 Å². The van der Waals surface area contributed by atoms with Gasteiger partial charge in [-0.1, -0.05) is 11.6 Å². The molecule has 1 N–H and O–H groups in total. The van der Waals surface area contributed by atoms with Crippen LogP contribution in [0.25, 0.3) is 0 Å². The molecule has 0 radical (unpaired) electrons. The lowest BCUT2D eigenvalue weighted by Gasteiger charge is -2.08. The summed E-state index contributed by atoms with van der Waals surface area (Å²) in [7, 11) is -3.78. The van der Waals surface area contributed by atoms with Crippen molar-refractivity contribution < 1.29 is 8.42 Å². The topological polar surface area (TPSA) is 82.8 Å². The third-order valence-corrected chi connectivity index (χ3v) is 4.45. The van der Waals surface area contributed by atoms with Gasteiger partial charge in [-0.05, 0) is 35.9 Å². The number of hydrogen-bond acceptors (Lipinski definition) is 4. The van der Waals surface area contributed by atoms with Gasteiger partial charge in [-0.15, -0.1) is 0 Å². The standard InChI is InChI=1S/C13H10ClN3O2S/c14-12-2-1-11(8-15)7-13(12)20(18,19)17-9-10-3-5-16-6-4-10/h1-7,17H,9H2. The normalized spacial score (nSPS) is 11.0. The second kappa shape index (κ2) is 6.01. The van der Waals surface area contributed by atoms with Gasteiger partial charge in [0.05, 0.1) is 16.7 Å². The zero-order chi connectivity index (χ0) is 14.6. The van der Waals surface area contributed by atoms with Gasteiger partial charge in [0, 0.05) is 18.9 Å². The zero-order valence-corrected chi connectivity index (χ0v) is 11.8. The lowest BCUT2D eigenvalue weighted by molar-refractivity contribution is 0.581. The Kier molecular flexibility index (Phi) is 4.35. The van der Waals surface area contributed by atoms with Gasteiger partial charge in [-0.2, -0.15) is 5.26 Å². The summed E-state index contributed by atoms with van der Waals surface area (Å²) in [6.45, 7) is 0.123.